The summed E-state index contributed by atoms with van der Waals surface area (Å²) >= 11 is 7.70. The van der Waals surface area contributed by atoms with E-state index in [-0.39, 0.29) is 17.9 Å². The summed E-state index contributed by atoms with van der Waals surface area (Å²) in [6.45, 7) is 0.359. The number of nitrogens with one attached hydrogen (secondary N) is 1. The van der Waals surface area contributed by atoms with E-state index in [0.29, 0.717) is 23.7 Å². The molecule has 1 aliphatic rings. The second kappa shape index (κ2) is 14.3. The van der Waals surface area contributed by atoms with Crippen molar-refractivity contribution in [3.05, 3.63) is 107 Å². The van der Waals surface area contributed by atoms with Crippen LogP contribution in [0.1, 0.15) is 48.8 Å². The summed E-state index contributed by atoms with van der Waals surface area (Å²) in [6.07, 6.45) is 5.97. The summed E-state index contributed by atoms with van der Waals surface area (Å²) in [6, 6.07) is 27.2. The van der Waals surface area contributed by atoms with Gasteiger partial charge in [0.05, 0.1) is 5.75 Å². The van der Waals surface area contributed by atoms with Crippen LogP contribution in [0.4, 0.5) is 0 Å². The second-order valence-electron chi connectivity index (χ2n) is 9.68. The van der Waals surface area contributed by atoms with Gasteiger partial charge in [-0.3, -0.25) is 9.59 Å². The van der Waals surface area contributed by atoms with Crippen LogP contribution in [0.5, 0.6) is 0 Å². The minimum Gasteiger partial charge on any atom is -0.352 e. The molecule has 1 N–H and O–H groups in total. The van der Waals surface area contributed by atoms with Crippen molar-refractivity contribution in [3.8, 4) is 0 Å². The van der Waals surface area contributed by atoms with E-state index in [9.17, 15) is 9.59 Å². The zero-order chi connectivity index (χ0) is 25.9. The zero-order valence-corrected chi connectivity index (χ0v) is 22.7. The van der Waals surface area contributed by atoms with Crippen LogP contribution in [0.25, 0.3) is 0 Å². The van der Waals surface area contributed by atoms with Crippen LogP contribution in [0.15, 0.2) is 84.9 Å². The summed E-state index contributed by atoms with van der Waals surface area (Å²) in [5.74, 6) is 0.963. The fourth-order valence-electron chi connectivity index (χ4n) is 4.80. The van der Waals surface area contributed by atoms with Gasteiger partial charge in [0.1, 0.15) is 6.04 Å². The first-order chi connectivity index (χ1) is 18.1. The van der Waals surface area contributed by atoms with Gasteiger partial charge in [-0.25, -0.2) is 0 Å². The van der Waals surface area contributed by atoms with Gasteiger partial charge in [-0.15, -0.1) is 11.8 Å². The number of carbonyl (C=O) groups is 2. The zero-order valence-electron chi connectivity index (χ0n) is 21.2. The minimum absolute atomic E-state index is 0.0318. The van der Waals surface area contributed by atoms with Gasteiger partial charge in [-0.2, -0.15) is 0 Å². The summed E-state index contributed by atoms with van der Waals surface area (Å²) in [7, 11) is 0. The van der Waals surface area contributed by atoms with Crippen LogP contribution in [0.3, 0.4) is 0 Å². The predicted octanol–water partition coefficient (Wildman–Crippen LogP) is 6.66. The maximum absolute atomic E-state index is 13.8. The fourth-order valence-corrected chi connectivity index (χ4v) is 5.79. The quantitative estimate of drug-likeness (QED) is 0.299. The topological polar surface area (TPSA) is 49.4 Å². The summed E-state index contributed by atoms with van der Waals surface area (Å²) in [4.78, 5) is 29.3. The third-order valence-electron chi connectivity index (χ3n) is 6.83. The first kappa shape index (κ1) is 27.3. The molecule has 0 aliphatic heterocycles. The normalized spacial score (nSPS) is 14.6. The monoisotopic (exact) mass is 534 g/mol. The van der Waals surface area contributed by atoms with E-state index in [0.717, 1.165) is 42.6 Å². The smallest absolute Gasteiger partial charge is 0.243 e. The van der Waals surface area contributed by atoms with E-state index in [1.165, 1.54) is 12.0 Å². The summed E-state index contributed by atoms with van der Waals surface area (Å²) in [5.41, 5.74) is 3.17. The van der Waals surface area contributed by atoms with Gasteiger partial charge < -0.3 is 10.2 Å². The van der Waals surface area contributed by atoms with Crippen LogP contribution < -0.4 is 5.32 Å². The van der Waals surface area contributed by atoms with Crippen molar-refractivity contribution in [1.82, 2.24) is 10.2 Å². The molecule has 1 fully saturated rings. The number of nitrogens with zero attached hydrogens (tertiary/aromatic N) is 1. The molecule has 2 amide bonds. The molecule has 0 heterocycles. The molecule has 4 nitrogen and oxygen atoms in total. The average Bonchev–Trinajstić information content (AvgIpc) is 2.93. The van der Waals surface area contributed by atoms with Gasteiger partial charge >= 0.3 is 0 Å². The molecular formula is C31H35ClN2O2S. The maximum atomic E-state index is 13.8. The first-order valence-corrected chi connectivity index (χ1v) is 14.6. The van der Waals surface area contributed by atoms with Crippen molar-refractivity contribution in [2.24, 2.45) is 0 Å². The third-order valence-corrected chi connectivity index (χ3v) is 8.07. The molecule has 6 heteroatoms. The van der Waals surface area contributed by atoms with E-state index in [4.69, 9.17) is 11.6 Å². The fraction of sp³-hybridized carbons (Fsp3) is 0.355. The van der Waals surface area contributed by atoms with E-state index in [1.807, 2.05) is 72.8 Å². The van der Waals surface area contributed by atoms with Crippen LogP contribution in [0.2, 0.25) is 5.02 Å². The Balaban J connectivity index is 1.56. The molecule has 37 heavy (non-hydrogen) atoms. The lowest BCUT2D eigenvalue weighted by atomic mass is 9.94. The van der Waals surface area contributed by atoms with Crippen LogP contribution in [-0.4, -0.2) is 34.6 Å². The number of benzene rings is 3. The highest BCUT2D eigenvalue weighted by Crippen LogP contribution is 2.21. The summed E-state index contributed by atoms with van der Waals surface area (Å²) < 4.78 is 0. The van der Waals surface area contributed by atoms with Crippen molar-refractivity contribution in [3.63, 3.8) is 0 Å². The molecule has 4 rings (SSSR count). The lowest BCUT2D eigenvalue weighted by molar-refractivity contribution is -0.139. The minimum atomic E-state index is -0.593. The molecule has 3 aromatic carbocycles. The molecule has 1 atom stereocenters. The molecule has 0 saturated heterocycles. The molecule has 3 aromatic rings. The van der Waals surface area contributed by atoms with E-state index in [1.54, 1.807) is 16.7 Å². The Bertz CT molecular complexity index is 1120. The highest BCUT2D eigenvalue weighted by molar-refractivity contribution is 7.99. The molecule has 0 bridgehead atoms. The van der Waals surface area contributed by atoms with Crippen LogP contribution in [-0.2, 0) is 28.3 Å². The number of carbonyl (C=O) groups excluding carboxylic acids is 2. The van der Waals surface area contributed by atoms with Crippen molar-refractivity contribution in [1.29, 1.82) is 0 Å². The summed E-state index contributed by atoms with van der Waals surface area (Å²) in [5, 5.41) is 3.94. The van der Waals surface area contributed by atoms with Gasteiger partial charge in [-0.05, 0) is 41.7 Å². The Labute approximate surface area is 229 Å². The Morgan fingerprint density at radius 1 is 0.838 bits per heavy atom. The lowest BCUT2D eigenvalue weighted by Crippen LogP contribution is -2.53. The molecule has 194 valence electrons. The Hall–Kier alpha value is -2.76. The lowest BCUT2D eigenvalue weighted by Gasteiger charge is -2.33. The number of halogens is 1. The van der Waals surface area contributed by atoms with Crippen LogP contribution in [0, 0.1) is 0 Å². The molecule has 0 spiro atoms. The van der Waals surface area contributed by atoms with E-state index in [2.05, 4.69) is 17.4 Å². The van der Waals surface area contributed by atoms with Crippen molar-refractivity contribution >= 4 is 35.2 Å². The predicted molar refractivity (Wildman–Crippen MR) is 154 cm³/mol. The van der Waals surface area contributed by atoms with Crippen molar-refractivity contribution in [2.45, 2.75) is 62.9 Å². The molecule has 1 aliphatic carbocycles. The number of thioether (sulfide) groups is 1. The van der Waals surface area contributed by atoms with Crippen molar-refractivity contribution < 1.29 is 9.59 Å². The first-order valence-electron chi connectivity index (χ1n) is 13.1. The van der Waals surface area contributed by atoms with Gasteiger partial charge in [0.15, 0.2) is 0 Å². The van der Waals surface area contributed by atoms with Gasteiger partial charge in [0.25, 0.3) is 0 Å². The van der Waals surface area contributed by atoms with Crippen molar-refractivity contribution in [2.75, 3.05) is 5.75 Å². The van der Waals surface area contributed by atoms with E-state index < -0.39 is 6.04 Å². The van der Waals surface area contributed by atoms with Gasteiger partial charge in [0, 0.05) is 29.8 Å². The maximum Gasteiger partial charge on any atom is 0.243 e. The number of rotatable bonds is 11. The Morgan fingerprint density at radius 2 is 1.46 bits per heavy atom. The Kier molecular flexibility index (Phi) is 10.5. The molecular weight excluding hydrogens is 500 g/mol. The molecule has 1 saturated carbocycles. The molecule has 0 unspecified atom stereocenters. The number of hydrogen-bond acceptors (Lipinski definition) is 3. The molecule has 0 radical (unpaired) electrons. The number of amides is 2. The third kappa shape index (κ3) is 8.65. The largest absolute Gasteiger partial charge is 0.352 e. The van der Waals surface area contributed by atoms with Gasteiger partial charge in [-0.1, -0.05) is 104 Å². The highest BCUT2D eigenvalue weighted by atomic mass is 35.5. The standard InChI is InChI=1S/C31H35ClN2O2S/c32-27-18-16-25(17-19-27)21-34(30(35)23-37-22-26-12-6-2-7-13-26)29(20-24-10-4-1-5-11-24)31(36)33-28-14-8-3-9-15-28/h1-2,4-7,10-13,16-19,28-29H,3,8-9,14-15,20-23H2,(H,33,36)/t29-/m0/s1. The van der Waals surface area contributed by atoms with Gasteiger partial charge in [0.2, 0.25) is 11.8 Å². The number of hydrogen-bond donors (Lipinski definition) is 1. The highest BCUT2D eigenvalue weighted by Gasteiger charge is 2.31. The molecule has 0 aromatic heterocycles. The Morgan fingerprint density at radius 3 is 2.11 bits per heavy atom. The average molecular weight is 535 g/mol. The SMILES string of the molecule is O=C(NC1CCCCC1)[C@H](Cc1ccccc1)N(Cc1ccc(Cl)cc1)C(=O)CSCc1ccccc1. The van der Waals surface area contributed by atoms with E-state index >= 15 is 0 Å². The second-order valence-corrected chi connectivity index (χ2v) is 11.1. The van der Waals surface area contributed by atoms with Crippen LogP contribution >= 0.6 is 23.4 Å².